The molecule has 1 atom stereocenters. The molecule has 0 heterocycles. The number of carbonyl (C=O) groups excluding carboxylic acids is 3. The van der Waals surface area contributed by atoms with Gasteiger partial charge in [0.25, 0.3) is 0 Å². The Bertz CT molecular complexity index is 989. The maximum Gasteiger partial charge on any atom is 0.307 e. The lowest BCUT2D eigenvalue weighted by Crippen LogP contribution is -2.23. The lowest BCUT2D eigenvalue weighted by atomic mass is 9.99. The van der Waals surface area contributed by atoms with Crippen molar-refractivity contribution >= 4 is 35.3 Å². The third-order valence-corrected chi connectivity index (χ3v) is 4.06. The van der Waals surface area contributed by atoms with Gasteiger partial charge >= 0.3 is 11.9 Å². The average molecular weight is 411 g/mol. The molecular weight excluding hydrogens is 394 g/mol. The number of aliphatic carboxylic acids is 2. The van der Waals surface area contributed by atoms with E-state index in [9.17, 15) is 24.0 Å². The number of ether oxygens (including phenoxy) is 1. The molecule has 2 aromatic rings. The molecule has 0 aliphatic carbocycles. The van der Waals surface area contributed by atoms with Crippen LogP contribution in [0.25, 0.3) is 0 Å². The summed E-state index contributed by atoms with van der Waals surface area (Å²) in [7, 11) is 0. The van der Waals surface area contributed by atoms with E-state index in [-0.39, 0.29) is 5.78 Å². The van der Waals surface area contributed by atoms with Crippen LogP contribution >= 0.6 is 0 Å². The average Bonchev–Trinajstić information content (AvgIpc) is 2.72. The van der Waals surface area contributed by atoms with Crippen LogP contribution < -0.4 is 4.74 Å². The molecule has 154 valence electrons. The van der Waals surface area contributed by atoms with Crippen LogP contribution in [0.5, 0.6) is 5.75 Å². The van der Waals surface area contributed by atoms with Gasteiger partial charge in [-0.05, 0) is 48.5 Å². The SMILES string of the molecule is O=C=Nc1ccc(C(=O)c2ccc(OCC(=O)CC(CC(=O)O)C(=O)O)cc2)cc1. The number of carbonyl (C=O) groups is 4. The first kappa shape index (κ1) is 22.2. The fraction of sp³-hybridized carbons (Fsp3) is 0.190. The Kier molecular flexibility index (Phi) is 7.73. The summed E-state index contributed by atoms with van der Waals surface area (Å²) in [6.45, 7) is -0.421. The molecule has 2 rings (SSSR count). The van der Waals surface area contributed by atoms with Gasteiger partial charge in [-0.15, -0.1) is 0 Å². The number of carboxylic acid groups (broad SMARTS) is 2. The maximum absolute atomic E-state index is 12.5. The van der Waals surface area contributed by atoms with Gasteiger partial charge in [0, 0.05) is 17.5 Å². The predicted octanol–water partition coefficient (Wildman–Crippen LogP) is 2.40. The second kappa shape index (κ2) is 10.4. The molecule has 0 aliphatic rings. The van der Waals surface area contributed by atoms with Crippen molar-refractivity contribution in [2.75, 3.05) is 6.61 Å². The highest BCUT2D eigenvalue weighted by atomic mass is 16.5. The number of ketones is 2. The number of hydrogen-bond acceptors (Lipinski definition) is 7. The minimum Gasteiger partial charge on any atom is -0.486 e. The van der Waals surface area contributed by atoms with E-state index in [2.05, 4.69) is 4.99 Å². The highest BCUT2D eigenvalue weighted by molar-refractivity contribution is 6.09. The van der Waals surface area contributed by atoms with Gasteiger partial charge in [-0.25, -0.2) is 4.79 Å². The Morgan fingerprint density at radius 1 is 0.900 bits per heavy atom. The minimum atomic E-state index is -1.36. The molecule has 1 unspecified atom stereocenters. The number of rotatable bonds is 11. The number of nitrogens with zero attached hydrogens (tertiary/aromatic N) is 1. The van der Waals surface area contributed by atoms with Gasteiger partial charge in [0.2, 0.25) is 6.08 Å². The molecule has 0 saturated carbocycles. The maximum atomic E-state index is 12.5. The van der Waals surface area contributed by atoms with Crippen molar-refractivity contribution in [3.63, 3.8) is 0 Å². The summed E-state index contributed by atoms with van der Waals surface area (Å²) in [6.07, 6.45) is 0.303. The van der Waals surface area contributed by atoms with Crippen molar-refractivity contribution in [2.24, 2.45) is 10.9 Å². The van der Waals surface area contributed by atoms with E-state index >= 15 is 0 Å². The lowest BCUT2D eigenvalue weighted by molar-refractivity contribution is -0.149. The van der Waals surface area contributed by atoms with Crippen LogP contribution in [0.3, 0.4) is 0 Å². The Hall–Kier alpha value is -4.10. The molecule has 0 aliphatic heterocycles. The molecule has 2 N–H and O–H groups in total. The van der Waals surface area contributed by atoms with Gasteiger partial charge in [0.15, 0.2) is 11.6 Å². The minimum absolute atomic E-state index is 0.266. The summed E-state index contributed by atoms with van der Waals surface area (Å²) in [5.74, 6) is -4.51. The van der Waals surface area contributed by atoms with Gasteiger partial charge in [-0.2, -0.15) is 4.99 Å². The van der Waals surface area contributed by atoms with Crippen LogP contribution in [0.4, 0.5) is 5.69 Å². The molecule has 0 bridgehead atoms. The summed E-state index contributed by atoms with van der Waals surface area (Å²) >= 11 is 0. The standard InChI is InChI=1S/C21H17NO8/c23-12-22-16-5-1-13(2-6-16)20(27)14-3-7-18(8-4-14)30-11-17(24)9-15(21(28)29)10-19(25)26/h1-8,15H,9-11H2,(H,25,26)(H,28,29). The molecular formula is C21H17NO8. The van der Waals surface area contributed by atoms with E-state index in [0.29, 0.717) is 22.6 Å². The topological polar surface area (TPSA) is 147 Å². The first-order valence-electron chi connectivity index (χ1n) is 8.72. The van der Waals surface area contributed by atoms with E-state index in [0.717, 1.165) is 0 Å². The highest BCUT2D eigenvalue weighted by Crippen LogP contribution is 2.18. The van der Waals surface area contributed by atoms with Crippen molar-refractivity contribution in [1.82, 2.24) is 0 Å². The number of hydrogen-bond donors (Lipinski definition) is 2. The number of Topliss-reactive ketones (excluding diaryl/α,β-unsaturated/α-hetero) is 1. The van der Waals surface area contributed by atoms with Crippen molar-refractivity contribution < 1.29 is 38.9 Å². The normalized spacial score (nSPS) is 11.1. The zero-order chi connectivity index (χ0) is 22.1. The molecule has 0 amide bonds. The number of aliphatic imine (C=N–C) groups is 1. The number of benzene rings is 2. The fourth-order valence-corrected chi connectivity index (χ4v) is 2.56. The van der Waals surface area contributed by atoms with Gasteiger partial charge in [0.1, 0.15) is 12.4 Å². The largest absolute Gasteiger partial charge is 0.486 e. The van der Waals surface area contributed by atoms with Gasteiger partial charge < -0.3 is 14.9 Å². The van der Waals surface area contributed by atoms with Crippen molar-refractivity contribution in [3.8, 4) is 5.75 Å². The number of isocyanates is 1. The monoisotopic (exact) mass is 411 g/mol. The second-order valence-corrected chi connectivity index (χ2v) is 6.27. The van der Waals surface area contributed by atoms with E-state index in [1.54, 1.807) is 0 Å². The zero-order valence-electron chi connectivity index (χ0n) is 15.6. The Morgan fingerprint density at radius 3 is 1.97 bits per heavy atom. The van der Waals surface area contributed by atoms with Gasteiger partial charge in [-0.3, -0.25) is 19.2 Å². The van der Waals surface area contributed by atoms with Crippen molar-refractivity contribution in [1.29, 1.82) is 0 Å². The van der Waals surface area contributed by atoms with Crippen LogP contribution in [0.2, 0.25) is 0 Å². The molecule has 9 nitrogen and oxygen atoms in total. The molecule has 9 heteroatoms. The molecule has 30 heavy (non-hydrogen) atoms. The predicted molar refractivity (Wildman–Crippen MR) is 103 cm³/mol. The molecule has 2 aromatic carbocycles. The van der Waals surface area contributed by atoms with E-state index < -0.39 is 43.1 Å². The van der Waals surface area contributed by atoms with Gasteiger partial charge in [-0.1, -0.05) is 0 Å². The van der Waals surface area contributed by atoms with E-state index in [1.807, 2.05) is 0 Å². The smallest absolute Gasteiger partial charge is 0.307 e. The molecule has 0 saturated heterocycles. The van der Waals surface area contributed by atoms with Crippen LogP contribution in [-0.2, 0) is 19.2 Å². The van der Waals surface area contributed by atoms with Crippen LogP contribution in [-0.4, -0.2) is 46.4 Å². The molecule has 0 radical (unpaired) electrons. The molecule has 0 fully saturated rings. The fourth-order valence-electron chi connectivity index (χ4n) is 2.56. The summed E-state index contributed by atoms with van der Waals surface area (Å²) in [5, 5.41) is 17.7. The highest BCUT2D eigenvalue weighted by Gasteiger charge is 2.24. The Labute approximate surface area is 170 Å². The first-order valence-corrected chi connectivity index (χ1v) is 8.72. The van der Waals surface area contributed by atoms with Crippen LogP contribution in [0, 0.1) is 5.92 Å². The van der Waals surface area contributed by atoms with Gasteiger partial charge in [0.05, 0.1) is 18.0 Å². The summed E-state index contributed by atoms with van der Waals surface area (Å²) in [4.78, 5) is 59.7. The summed E-state index contributed by atoms with van der Waals surface area (Å²) in [5.41, 5.74) is 1.14. The third kappa shape index (κ3) is 6.50. The lowest BCUT2D eigenvalue weighted by Gasteiger charge is -2.10. The Balaban J connectivity index is 1.94. The summed E-state index contributed by atoms with van der Waals surface area (Å²) in [6, 6.07) is 12.0. The molecule has 0 aromatic heterocycles. The Morgan fingerprint density at radius 2 is 1.47 bits per heavy atom. The third-order valence-electron chi connectivity index (χ3n) is 4.06. The molecule has 0 spiro atoms. The van der Waals surface area contributed by atoms with E-state index in [4.69, 9.17) is 14.9 Å². The van der Waals surface area contributed by atoms with Crippen LogP contribution in [0.15, 0.2) is 53.5 Å². The quantitative estimate of drug-likeness (QED) is 0.325. The zero-order valence-corrected chi connectivity index (χ0v) is 15.6. The van der Waals surface area contributed by atoms with Crippen LogP contribution in [0.1, 0.15) is 28.8 Å². The number of carboxylic acids is 2. The first-order chi connectivity index (χ1) is 14.3. The van der Waals surface area contributed by atoms with Crippen molar-refractivity contribution in [3.05, 3.63) is 59.7 Å². The van der Waals surface area contributed by atoms with E-state index in [1.165, 1.54) is 54.6 Å². The second-order valence-electron chi connectivity index (χ2n) is 6.27. The summed E-state index contributed by atoms with van der Waals surface area (Å²) < 4.78 is 5.29. The van der Waals surface area contributed by atoms with Crippen molar-refractivity contribution in [2.45, 2.75) is 12.8 Å².